The average Bonchev–Trinajstić information content (AvgIpc) is 2.52. The Morgan fingerprint density at radius 2 is 1.83 bits per heavy atom. The summed E-state index contributed by atoms with van der Waals surface area (Å²) in [5.74, 6) is -0.906. The first kappa shape index (κ1) is 18.1. The number of carboxylic acid groups (broad SMARTS) is 1. The highest BCUT2D eigenvalue weighted by Crippen LogP contribution is 2.34. The molecule has 1 amide bonds. The molecule has 1 aliphatic rings. The third kappa shape index (κ3) is 4.40. The van der Waals surface area contributed by atoms with Gasteiger partial charge in [-0.3, -0.25) is 4.79 Å². The largest absolute Gasteiger partial charge is 0.497 e. The predicted octanol–water partition coefficient (Wildman–Crippen LogP) is 3.12. The van der Waals surface area contributed by atoms with E-state index in [-0.39, 0.29) is 5.92 Å². The van der Waals surface area contributed by atoms with E-state index in [0.29, 0.717) is 25.3 Å². The molecule has 0 radical (unpaired) electrons. The molecule has 1 unspecified atom stereocenters. The van der Waals surface area contributed by atoms with Crippen molar-refractivity contribution in [3.63, 3.8) is 0 Å². The predicted molar refractivity (Wildman–Crippen MR) is 89.3 cm³/mol. The number of carbonyl (C=O) groups excluding carboxylic acids is 1. The van der Waals surface area contributed by atoms with Crippen molar-refractivity contribution in [1.29, 1.82) is 0 Å². The van der Waals surface area contributed by atoms with Crippen molar-refractivity contribution in [2.45, 2.75) is 38.7 Å². The van der Waals surface area contributed by atoms with Crippen molar-refractivity contribution in [1.82, 2.24) is 4.90 Å². The Labute approximate surface area is 142 Å². The van der Waals surface area contributed by atoms with E-state index in [1.807, 2.05) is 32.9 Å². The number of nitrogens with zero attached hydrogens (tertiary/aromatic N) is 1. The van der Waals surface area contributed by atoms with E-state index in [1.54, 1.807) is 24.1 Å². The summed E-state index contributed by atoms with van der Waals surface area (Å²) in [5.41, 5.74) is 0.313. The summed E-state index contributed by atoms with van der Waals surface area (Å²) in [6.07, 6.45) is 0.00972. The van der Waals surface area contributed by atoms with E-state index in [1.165, 1.54) is 0 Å². The molecule has 1 aliphatic heterocycles. The zero-order valence-electron chi connectivity index (χ0n) is 14.6. The van der Waals surface area contributed by atoms with E-state index < -0.39 is 23.6 Å². The molecule has 1 aromatic rings. The van der Waals surface area contributed by atoms with Crippen LogP contribution in [0.5, 0.6) is 5.75 Å². The van der Waals surface area contributed by atoms with Gasteiger partial charge in [-0.05, 0) is 44.9 Å². The Bertz CT molecular complexity index is 590. The van der Waals surface area contributed by atoms with Crippen LogP contribution < -0.4 is 4.74 Å². The highest BCUT2D eigenvalue weighted by molar-refractivity contribution is 5.73. The molecule has 0 spiro atoms. The van der Waals surface area contributed by atoms with Crippen molar-refractivity contribution < 1.29 is 24.2 Å². The van der Waals surface area contributed by atoms with Crippen LogP contribution in [0.1, 0.15) is 38.7 Å². The molecule has 1 N–H and O–H groups in total. The van der Waals surface area contributed by atoms with Gasteiger partial charge in [-0.2, -0.15) is 0 Å². The molecule has 6 heteroatoms. The zero-order valence-corrected chi connectivity index (χ0v) is 14.6. The second-order valence-electron chi connectivity index (χ2n) is 7.04. The first-order valence-electron chi connectivity index (χ1n) is 8.06. The minimum absolute atomic E-state index is 0.269. The molecular formula is C18H25NO5. The van der Waals surface area contributed by atoms with Crippen molar-refractivity contribution >= 4 is 12.1 Å². The smallest absolute Gasteiger partial charge is 0.410 e. The van der Waals surface area contributed by atoms with Gasteiger partial charge in [-0.1, -0.05) is 12.1 Å². The number of amides is 1. The highest BCUT2D eigenvalue weighted by Gasteiger charge is 2.37. The molecule has 1 saturated heterocycles. The van der Waals surface area contributed by atoms with E-state index >= 15 is 0 Å². The lowest BCUT2D eigenvalue weighted by molar-refractivity contribution is -0.144. The SMILES string of the molecule is COc1ccc([C@@H]2CN(C(=O)OC(C)(C)C)CCC2C(=O)O)cc1. The second-order valence-corrected chi connectivity index (χ2v) is 7.04. The summed E-state index contributed by atoms with van der Waals surface area (Å²) in [6.45, 7) is 6.16. The number of likely N-dealkylation sites (tertiary alicyclic amines) is 1. The van der Waals surface area contributed by atoms with Gasteiger partial charge in [0.2, 0.25) is 0 Å². The van der Waals surface area contributed by atoms with Crippen molar-refractivity contribution in [2.75, 3.05) is 20.2 Å². The third-order valence-corrected chi connectivity index (χ3v) is 4.13. The number of carboxylic acids is 1. The van der Waals surface area contributed by atoms with E-state index in [2.05, 4.69) is 0 Å². The molecule has 0 bridgehead atoms. The molecule has 0 aromatic heterocycles. The maximum atomic E-state index is 12.3. The number of carbonyl (C=O) groups is 2. The minimum Gasteiger partial charge on any atom is -0.497 e. The van der Waals surface area contributed by atoms with Gasteiger partial charge in [-0.15, -0.1) is 0 Å². The van der Waals surface area contributed by atoms with E-state index in [4.69, 9.17) is 9.47 Å². The molecule has 24 heavy (non-hydrogen) atoms. The van der Waals surface area contributed by atoms with Gasteiger partial charge in [0.05, 0.1) is 13.0 Å². The molecule has 1 heterocycles. The summed E-state index contributed by atoms with van der Waals surface area (Å²) in [5, 5.41) is 9.52. The lowest BCUT2D eigenvalue weighted by Gasteiger charge is -2.37. The van der Waals surface area contributed by atoms with Crippen LogP contribution >= 0.6 is 0 Å². The number of methoxy groups -OCH3 is 1. The van der Waals surface area contributed by atoms with Crippen molar-refractivity contribution in [3.05, 3.63) is 29.8 Å². The zero-order chi connectivity index (χ0) is 17.9. The third-order valence-electron chi connectivity index (χ3n) is 4.13. The number of aliphatic carboxylic acids is 1. The lowest BCUT2D eigenvalue weighted by atomic mass is 9.81. The fourth-order valence-electron chi connectivity index (χ4n) is 2.93. The van der Waals surface area contributed by atoms with Crippen LogP contribution in [0.4, 0.5) is 4.79 Å². The number of benzene rings is 1. The molecule has 0 aliphatic carbocycles. The van der Waals surface area contributed by atoms with Gasteiger partial charge in [0.1, 0.15) is 11.4 Å². The first-order valence-corrected chi connectivity index (χ1v) is 8.06. The van der Waals surface area contributed by atoms with Gasteiger partial charge in [0.25, 0.3) is 0 Å². The molecule has 1 fully saturated rings. The first-order chi connectivity index (χ1) is 11.2. The Balaban J connectivity index is 2.19. The summed E-state index contributed by atoms with van der Waals surface area (Å²) in [6, 6.07) is 7.33. The van der Waals surface area contributed by atoms with Gasteiger partial charge in [0, 0.05) is 19.0 Å². The Morgan fingerprint density at radius 3 is 2.33 bits per heavy atom. The molecular weight excluding hydrogens is 310 g/mol. The number of hydrogen-bond acceptors (Lipinski definition) is 4. The number of ether oxygens (including phenoxy) is 2. The molecule has 2 rings (SSSR count). The normalized spacial score (nSPS) is 21.2. The topological polar surface area (TPSA) is 76.1 Å². The van der Waals surface area contributed by atoms with Gasteiger partial charge in [-0.25, -0.2) is 4.79 Å². The van der Waals surface area contributed by atoms with Crippen LogP contribution in [-0.2, 0) is 9.53 Å². The average molecular weight is 335 g/mol. The highest BCUT2D eigenvalue weighted by atomic mass is 16.6. The number of hydrogen-bond donors (Lipinski definition) is 1. The number of piperidine rings is 1. The van der Waals surface area contributed by atoms with Crippen molar-refractivity contribution in [3.8, 4) is 5.75 Å². The second kappa shape index (κ2) is 7.11. The van der Waals surface area contributed by atoms with E-state index in [9.17, 15) is 14.7 Å². The summed E-state index contributed by atoms with van der Waals surface area (Å²) < 4.78 is 10.6. The van der Waals surface area contributed by atoms with Gasteiger partial charge in [0.15, 0.2) is 0 Å². The van der Waals surface area contributed by atoms with Crippen LogP contribution in [0.3, 0.4) is 0 Å². The number of rotatable bonds is 3. The molecule has 0 saturated carbocycles. The molecule has 1 aromatic carbocycles. The maximum Gasteiger partial charge on any atom is 0.410 e. The van der Waals surface area contributed by atoms with E-state index in [0.717, 1.165) is 5.56 Å². The van der Waals surface area contributed by atoms with Crippen LogP contribution in [-0.4, -0.2) is 47.9 Å². The Kier molecular flexibility index (Phi) is 5.36. The Hall–Kier alpha value is -2.24. The quantitative estimate of drug-likeness (QED) is 0.918. The Morgan fingerprint density at radius 1 is 1.21 bits per heavy atom. The van der Waals surface area contributed by atoms with Gasteiger partial charge >= 0.3 is 12.1 Å². The fraction of sp³-hybridized carbons (Fsp3) is 0.556. The van der Waals surface area contributed by atoms with Crippen LogP contribution in [0, 0.1) is 5.92 Å². The molecule has 132 valence electrons. The molecule has 6 nitrogen and oxygen atoms in total. The lowest BCUT2D eigenvalue weighted by Crippen LogP contribution is -2.46. The van der Waals surface area contributed by atoms with Crippen molar-refractivity contribution in [2.24, 2.45) is 5.92 Å². The minimum atomic E-state index is -0.834. The molecule has 2 atom stereocenters. The fourth-order valence-corrected chi connectivity index (χ4v) is 2.93. The summed E-state index contributed by atoms with van der Waals surface area (Å²) >= 11 is 0. The van der Waals surface area contributed by atoms with Crippen LogP contribution in [0.25, 0.3) is 0 Å². The van der Waals surface area contributed by atoms with Gasteiger partial charge < -0.3 is 19.5 Å². The van der Waals surface area contributed by atoms with Crippen LogP contribution in [0.2, 0.25) is 0 Å². The standard InChI is InChI=1S/C18H25NO5/c1-18(2,3)24-17(22)19-10-9-14(16(20)21)15(11-19)12-5-7-13(23-4)8-6-12/h5-8,14-15H,9-11H2,1-4H3,(H,20,21)/t14?,15-/m0/s1. The summed E-state index contributed by atoms with van der Waals surface area (Å²) in [4.78, 5) is 25.5. The van der Waals surface area contributed by atoms with Crippen LogP contribution in [0.15, 0.2) is 24.3 Å². The monoisotopic (exact) mass is 335 g/mol. The summed E-state index contributed by atoms with van der Waals surface area (Å²) in [7, 11) is 1.58. The maximum absolute atomic E-state index is 12.3.